The molecule has 19 heavy (non-hydrogen) atoms. The van der Waals surface area contributed by atoms with Crippen molar-refractivity contribution < 1.29 is 31.2 Å². The molecule has 0 aliphatic carbocycles. The lowest BCUT2D eigenvalue weighted by Crippen LogP contribution is -2.19. The lowest BCUT2D eigenvalue weighted by molar-refractivity contribution is -0.386. The highest BCUT2D eigenvalue weighted by atomic mass is 79.9. The Kier molecular flexibility index (Phi) is 4.10. The zero-order valence-electron chi connectivity index (χ0n) is 9.06. The van der Waals surface area contributed by atoms with Crippen LogP contribution in [0.4, 0.5) is 18.9 Å². The Balaban J connectivity index is 3.55. The number of nitrogens with zero attached hydrogens (tertiary/aromatic N) is 1. The molecule has 0 aliphatic heterocycles. The molecule has 0 N–H and O–H groups in total. The average molecular weight is 364 g/mol. The van der Waals surface area contributed by atoms with Crippen LogP contribution in [-0.2, 0) is 9.84 Å². The Morgan fingerprint density at radius 1 is 1.37 bits per heavy atom. The van der Waals surface area contributed by atoms with Gasteiger partial charge in [0.25, 0.3) is 5.69 Å². The van der Waals surface area contributed by atoms with Crippen molar-refractivity contribution in [3.8, 4) is 5.75 Å². The second kappa shape index (κ2) is 4.96. The van der Waals surface area contributed by atoms with Crippen molar-refractivity contribution >= 4 is 31.5 Å². The van der Waals surface area contributed by atoms with Crippen molar-refractivity contribution in [1.29, 1.82) is 0 Å². The van der Waals surface area contributed by atoms with Gasteiger partial charge in [-0.25, -0.2) is 8.42 Å². The third-order valence-electron chi connectivity index (χ3n) is 1.84. The fraction of sp³-hybridized carbons (Fsp3) is 0.250. The summed E-state index contributed by atoms with van der Waals surface area (Å²) in [7, 11) is -4.13. The minimum Gasteiger partial charge on any atom is -0.404 e. The predicted octanol–water partition coefficient (Wildman–Crippen LogP) is 2.66. The molecule has 0 spiro atoms. The topological polar surface area (TPSA) is 86.5 Å². The van der Waals surface area contributed by atoms with Crippen molar-refractivity contribution in [2.45, 2.75) is 11.3 Å². The number of ether oxygens (including phenoxy) is 1. The van der Waals surface area contributed by atoms with Gasteiger partial charge in [0.2, 0.25) is 0 Å². The Bertz CT molecular complexity index is 628. The third kappa shape index (κ3) is 4.06. The number of nitro benzene ring substituents is 1. The normalized spacial score (nSPS) is 12.3. The first kappa shape index (κ1) is 15.7. The summed E-state index contributed by atoms with van der Waals surface area (Å²) in [5.74, 6) is -1.03. The molecule has 6 nitrogen and oxygen atoms in total. The van der Waals surface area contributed by atoms with Gasteiger partial charge in [-0.2, -0.15) is 0 Å². The van der Waals surface area contributed by atoms with Crippen LogP contribution in [0.15, 0.2) is 21.5 Å². The lowest BCUT2D eigenvalue weighted by atomic mass is 10.3. The van der Waals surface area contributed by atoms with E-state index in [4.69, 9.17) is 0 Å². The molecule has 1 aromatic carbocycles. The van der Waals surface area contributed by atoms with E-state index in [-0.39, 0.29) is 4.47 Å². The second-order valence-corrected chi connectivity index (χ2v) is 6.17. The van der Waals surface area contributed by atoms with Crippen LogP contribution < -0.4 is 4.74 Å². The first-order valence-corrected chi connectivity index (χ1v) is 7.04. The standard InChI is InChI=1S/C8H5BrF3NO5S/c1-19(16,17)7-3-5(13(14)15)4(9)2-6(7)18-8(10,11)12/h2-3H,1H3. The van der Waals surface area contributed by atoms with Gasteiger partial charge in [0.05, 0.1) is 9.40 Å². The van der Waals surface area contributed by atoms with Crippen LogP contribution in [0, 0.1) is 10.1 Å². The molecular weight excluding hydrogens is 359 g/mol. The van der Waals surface area contributed by atoms with Crippen molar-refractivity contribution in [3.63, 3.8) is 0 Å². The maximum Gasteiger partial charge on any atom is 0.573 e. The van der Waals surface area contributed by atoms with Crippen molar-refractivity contribution in [3.05, 3.63) is 26.7 Å². The van der Waals surface area contributed by atoms with Crippen molar-refractivity contribution in [2.24, 2.45) is 0 Å². The van der Waals surface area contributed by atoms with E-state index in [9.17, 15) is 31.7 Å². The average Bonchev–Trinajstić information content (AvgIpc) is 2.11. The highest BCUT2D eigenvalue weighted by Gasteiger charge is 2.34. The van der Waals surface area contributed by atoms with Gasteiger partial charge >= 0.3 is 6.36 Å². The van der Waals surface area contributed by atoms with Gasteiger partial charge in [0.15, 0.2) is 9.84 Å². The van der Waals surface area contributed by atoms with E-state index in [1.54, 1.807) is 0 Å². The third-order valence-corrected chi connectivity index (χ3v) is 3.59. The summed E-state index contributed by atoms with van der Waals surface area (Å²) in [6.45, 7) is 0. The maximum atomic E-state index is 12.1. The number of nitro groups is 1. The molecule has 0 aliphatic rings. The molecule has 0 atom stereocenters. The zero-order valence-corrected chi connectivity index (χ0v) is 11.5. The molecule has 0 radical (unpaired) electrons. The number of hydrogen-bond acceptors (Lipinski definition) is 5. The fourth-order valence-electron chi connectivity index (χ4n) is 1.16. The Morgan fingerprint density at radius 2 is 1.89 bits per heavy atom. The van der Waals surface area contributed by atoms with E-state index in [1.165, 1.54) is 0 Å². The van der Waals surface area contributed by atoms with E-state index >= 15 is 0 Å². The van der Waals surface area contributed by atoms with E-state index in [2.05, 4.69) is 20.7 Å². The van der Waals surface area contributed by atoms with Gasteiger partial charge in [-0.15, -0.1) is 13.2 Å². The Hall–Kier alpha value is -1.36. The Labute approximate surface area is 113 Å². The molecule has 0 amide bonds. The molecule has 11 heteroatoms. The van der Waals surface area contributed by atoms with Crippen LogP contribution in [0.25, 0.3) is 0 Å². The summed E-state index contributed by atoms with van der Waals surface area (Å²) in [6.07, 6.45) is -4.50. The van der Waals surface area contributed by atoms with Crippen LogP contribution in [0.3, 0.4) is 0 Å². The number of sulfone groups is 1. The van der Waals surface area contributed by atoms with Crippen molar-refractivity contribution in [1.82, 2.24) is 0 Å². The molecule has 0 unspecified atom stereocenters. The molecule has 0 saturated carbocycles. The van der Waals surface area contributed by atoms with Gasteiger partial charge in [-0.1, -0.05) is 0 Å². The summed E-state index contributed by atoms with van der Waals surface area (Å²) in [5.41, 5.74) is -0.685. The minimum atomic E-state index is -5.12. The second-order valence-electron chi connectivity index (χ2n) is 3.33. The van der Waals surface area contributed by atoms with Gasteiger partial charge in [0, 0.05) is 18.4 Å². The highest BCUT2D eigenvalue weighted by molar-refractivity contribution is 9.10. The maximum absolute atomic E-state index is 12.1. The molecular formula is C8H5BrF3NO5S. The quantitative estimate of drug-likeness (QED) is 0.608. The smallest absolute Gasteiger partial charge is 0.404 e. The molecule has 0 fully saturated rings. The van der Waals surface area contributed by atoms with Gasteiger partial charge in [0.1, 0.15) is 10.6 Å². The Morgan fingerprint density at radius 3 is 2.26 bits per heavy atom. The first-order chi connectivity index (χ1) is 8.42. The highest BCUT2D eigenvalue weighted by Crippen LogP contribution is 2.37. The number of halogens is 4. The summed E-state index contributed by atoms with van der Waals surface area (Å²) < 4.78 is 62.3. The zero-order chi connectivity index (χ0) is 15.0. The largest absolute Gasteiger partial charge is 0.573 e. The van der Waals surface area contributed by atoms with Crippen LogP contribution >= 0.6 is 15.9 Å². The van der Waals surface area contributed by atoms with Crippen LogP contribution in [0.5, 0.6) is 5.75 Å². The molecule has 1 aromatic rings. The molecule has 0 heterocycles. The van der Waals surface area contributed by atoms with Crippen LogP contribution in [-0.4, -0.2) is 26.0 Å². The SMILES string of the molecule is CS(=O)(=O)c1cc([N+](=O)[O-])c(Br)cc1OC(F)(F)F. The van der Waals surface area contributed by atoms with E-state index in [1.807, 2.05) is 0 Å². The molecule has 1 rings (SSSR count). The van der Waals surface area contributed by atoms with E-state index < -0.39 is 37.5 Å². The fourth-order valence-corrected chi connectivity index (χ4v) is 2.42. The first-order valence-electron chi connectivity index (χ1n) is 4.35. The summed E-state index contributed by atoms with van der Waals surface area (Å²) in [6, 6.07) is 1.09. The monoisotopic (exact) mass is 363 g/mol. The summed E-state index contributed by atoms with van der Waals surface area (Å²) in [5, 5.41) is 10.6. The number of rotatable bonds is 3. The van der Waals surface area contributed by atoms with Gasteiger partial charge < -0.3 is 4.74 Å². The van der Waals surface area contributed by atoms with Gasteiger partial charge in [-0.05, 0) is 15.9 Å². The molecule has 0 bridgehead atoms. The molecule has 106 valence electrons. The number of alkyl halides is 3. The molecule has 0 aromatic heterocycles. The number of hydrogen-bond donors (Lipinski definition) is 0. The lowest BCUT2D eigenvalue weighted by Gasteiger charge is -2.12. The predicted molar refractivity (Wildman–Crippen MR) is 60.6 cm³/mol. The van der Waals surface area contributed by atoms with Crippen molar-refractivity contribution in [2.75, 3.05) is 6.26 Å². The van der Waals surface area contributed by atoms with Crippen LogP contribution in [0.1, 0.15) is 0 Å². The number of benzene rings is 1. The summed E-state index contributed by atoms with van der Waals surface area (Å²) >= 11 is 2.67. The summed E-state index contributed by atoms with van der Waals surface area (Å²) in [4.78, 5) is 8.76. The molecule has 0 saturated heterocycles. The minimum absolute atomic E-state index is 0.329. The van der Waals surface area contributed by atoms with E-state index in [0.29, 0.717) is 18.4 Å². The van der Waals surface area contributed by atoms with Crippen LogP contribution in [0.2, 0.25) is 0 Å². The van der Waals surface area contributed by atoms with Gasteiger partial charge in [-0.3, -0.25) is 10.1 Å². The van der Waals surface area contributed by atoms with E-state index in [0.717, 1.165) is 0 Å².